The van der Waals surface area contributed by atoms with Crippen molar-refractivity contribution in [3.63, 3.8) is 0 Å². The third-order valence-corrected chi connectivity index (χ3v) is 4.32. The number of benzene rings is 1. The number of halogens is 1. The highest BCUT2D eigenvalue weighted by Crippen LogP contribution is 2.58. The van der Waals surface area contributed by atoms with E-state index in [2.05, 4.69) is 21.2 Å². The molecule has 1 amide bonds. The molecule has 0 spiro atoms. The number of amides is 1. The molecule has 1 fully saturated rings. The van der Waals surface area contributed by atoms with Crippen molar-refractivity contribution < 1.29 is 14.7 Å². The number of hydrogen-bond acceptors (Lipinski definition) is 2. The first kappa shape index (κ1) is 14.1. The third-order valence-electron chi connectivity index (χ3n) is 3.82. The van der Waals surface area contributed by atoms with Crippen LogP contribution in [0.1, 0.15) is 19.4 Å². The number of aryl methyl sites for hydroxylation is 1. The van der Waals surface area contributed by atoms with Gasteiger partial charge in [-0.1, -0.05) is 29.8 Å². The van der Waals surface area contributed by atoms with Crippen LogP contribution in [-0.2, 0) is 9.59 Å². The van der Waals surface area contributed by atoms with Crippen LogP contribution in [0.4, 0.5) is 5.69 Å². The molecule has 1 aromatic carbocycles. The first-order valence-corrected chi connectivity index (χ1v) is 6.84. The lowest BCUT2D eigenvalue weighted by Crippen LogP contribution is -2.18. The minimum atomic E-state index is -0.905. The van der Waals surface area contributed by atoms with E-state index in [1.54, 1.807) is 0 Å². The molecule has 0 aromatic heterocycles. The summed E-state index contributed by atoms with van der Waals surface area (Å²) in [7, 11) is 0. The zero-order valence-electron chi connectivity index (χ0n) is 11.0. The topological polar surface area (TPSA) is 66.4 Å². The average Bonchev–Trinajstić information content (AvgIpc) is 2.86. The molecular formula is C14H16BrNO3. The first-order chi connectivity index (χ1) is 8.75. The average molecular weight is 326 g/mol. The highest BCUT2D eigenvalue weighted by atomic mass is 79.9. The zero-order valence-corrected chi connectivity index (χ0v) is 12.6. The van der Waals surface area contributed by atoms with Gasteiger partial charge in [0.15, 0.2) is 0 Å². The minimum absolute atomic E-state index is 0.220. The highest BCUT2D eigenvalue weighted by Gasteiger charge is 2.65. The number of anilines is 1. The second-order valence-electron chi connectivity index (χ2n) is 5.56. The van der Waals surface area contributed by atoms with Crippen molar-refractivity contribution in [1.82, 2.24) is 0 Å². The lowest BCUT2D eigenvalue weighted by molar-refractivity contribution is -0.140. The van der Waals surface area contributed by atoms with Crippen LogP contribution in [0.5, 0.6) is 0 Å². The Balaban J connectivity index is 2.13. The Hall–Kier alpha value is -1.36. The maximum atomic E-state index is 12.2. The van der Waals surface area contributed by atoms with Gasteiger partial charge in [0.1, 0.15) is 0 Å². The molecule has 0 bridgehead atoms. The smallest absolute Gasteiger partial charge is 0.307 e. The Labute approximate surface area is 120 Å². The summed E-state index contributed by atoms with van der Waals surface area (Å²) in [5, 5.41) is 11.9. The Morgan fingerprint density at radius 2 is 1.95 bits per heavy atom. The second kappa shape index (κ2) is 4.63. The molecule has 2 N–H and O–H groups in total. The number of nitrogens with one attached hydrogen (secondary N) is 1. The maximum absolute atomic E-state index is 12.2. The lowest BCUT2D eigenvalue weighted by atomic mass is 10.1. The van der Waals surface area contributed by atoms with E-state index in [9.17, 15) is 9.59 Å². The number of carbonyl (C=O) groups excluding carboxylic acids is 1. The van der Waals surface area contributed by atoms with Gasteiger partial charge in [0.25, 0.3) is 0 Å². The fourth-order valence-electron chi connectivity index (χ4n) is 2.57. The van der Waals surface area contributed by atoms with Crippen molar-refractivity contribution in [2.45, 2.75) is 20.8 Å². The maximum Gasteiger partial charge on any atom is 0.307 e. The summed E-state index contributed by atoms with van der Waals surface area (Å²) in [5.41, 5.74) is 1.19. The fourth-order valence-corrected chi connectivity index (χ4v) is 3.04. The summed E-state index contributed by atoms with van der Waals surface area (Å²) >= 11 is 3.36. The zero-order chi connectivity index (χ0) is 14.4. The van der Waals surface area contributed by atoms with E-state index in [0.29, 0.717) is 0 Å². The molecule has 0 aliphatic heterocycles. The van der Waals surface area contributed by atoms with Crippen LogP contribution in [0.15, 0.2) is 22.7 Å². The Kier molecular flexibility index (Phi) is 3.43. The number of aliphatic carboxylic acids is 1. The van der Waals surface area contributed by atoms with E-state index in [1.165, 1.54) is 0 Å². The van der Waals surface area contributed by atoms with Crippen LogP contribution in [0, 0.1) is 24.2 Å². The molecule has 1 saturated carbocycles. The highest BCUT2D eigenvalue weighted by molar-refractivity contribution is 9.10. The van der Waals surface area contributed by atoms with Crippen molar-refractivity contribution in [2.24, 2.45) is 17.3 Å². The third kappa shape index (κ3) is 2.52. The summed E-state index contributed by atoms with van der Waals surface area (Å²) in [4.78, 5) is 23.2. The van der Waals surface area contributed by atoms with Gasteiger partial charge in [-0.05, 0) is 36.1 Å². The van der Waals surface area contributed by atoms with Gasteiger partial charge in [0, 0.05) is 10.2 Å². The molecule has 102 valence electrons. The molecule has 0 unspecified atom stereocenters. The summed E-state index contributed by atoms with van der Waals surface area (Å²) in [6.45, 7) is 5.52. The van der Waals surface area contributed by atoms with E-state index >= 15 is 0 Å². The number of carboxylic acid groups (broad SMARTS) is 1. The molecular weight excluding hydrogens is 310 g/mol. The van der Waals surface area contributed by atoms with Gasteiger partial charge in [-0.15, -0.1) is 0 Å². The van der Waals surface area contributed by atoms with E-state index in [0.717, 1.165) is 15.7 Å². The minimum Gasteiger partial charge on any atom is -0.481 e. The number of hydrogen-bond donors (Lipinski definition) is 2. The van der Waals surface area contributed by atoms with Crippen LogP contribution >= 0.6 is 15.9 Å². The van der Waals surface area contributed by atoms with E-state index in [-0.39, 0.29) is 5.91 Å². The van der Waals surface area contributed by atoms with E-state index < -0.39 is 23.2 Å². The summed E-state index contributed by atoms with van der Waals surface area (Å²) in [5.74, 6) is -2.18. The molecule has 19 heavy (non-hydrogen) atoms. The lowest BCUT2D eigenvalue weighted by Gasteiger charge is -2.09. The predicted molar refractivity (Wildman–Crippen MR) is 75.9 cm³/mol. The normalized spacial score (nSPS) is 23.8. The van der Waals surface area contributed by atoms with Crippen molar-refractivity contribution >= 4 is 33.5 Å². The summed E-state index contributed by atoms with van der Waals surface area (Å²) in [6, 6.07) is 5.56. The second-order valence-corrected chi connectivity index (χ2v) is 6.48. The van der Waals surface area contributed by atoms with Crippen LogP contribution in [0.3, 0.4) is 0 Å². The molecule has 4 nitrogen and oxygen atoms in total. The molecule has 5 heteroatoms. The molecule has 0 radical (unpaired) electrons. The van der Waals surface area contributed by atoms with Gasteiger partial charge in [0.05, 0.1) is 11.8 Å². The molecule has 1 aliphatic rings. The Bertz CT molecular complexity index is 554. The molecule has 0 heterocycles. The summed E-state index contributed by atoms with van der Waals surface area (Å²) < 4.78 is 0.943. The monoisotopic (exact) mass is 325 g/mol. The van der Waals surface area contributed by atoms with Crippen molar-refractivity contribution in [1.29, 1.82) is 0 Å². The Morgan fingerprint density at radius 3 is 2.42 bits per heavy atom. The molecule has 2 atom stereocenters. The fraction of sp³-hybridized carbons (Fsp3) is 0.429. The van der Waals surface area contributed by atoms with Crippen LogP contribution in [-0.4, -0.2) is 17.0 Å². The van der Waals surface area contributed by atoms with Gasteiger partial charge < -0.3 is 10.4 Å². The van der Waals surface area contributed by atoms with Gasteiger partial charge in [-0.2, -0.15) is 0 Å². The van der Waals surface area contributed by atoms with Crippen LogP contribution in [0.2, 0.25) is 0 Å². The largest absolute Gasteiger partial charge is 0.481 e. The number of carbonyl (C=O) groups is 2. The molecule has 0 saturated heterocycles. The van der Waals surface area contributed by atoms with E-state index in [4.69, 9.17) is 5.11 Å². The summed E-state index contributed by atoms with van der Waals surface area (Å²) in [6.07, 6.45) is 0. The quantitative estimate of drug-likeness (QED) is 0.897. The number of rotatable bonds is 3. The van der Waals surface area contributed by atoms with Gasteiger partial charge >= 0.3 is 5.97 Å². The van der Waals surface area contributed by atoms with Gasteiger partial charge in [-0.25, -0.2) is 0 Å². The molecule has 2 rings (SSSR count). The van der Waals surface area contributed by atoms with Crippen LogP contribution in [0.25, 0.3) is 0 Å². The first-order valence-electron chi connectivity index (χ1n) is 6.05. The van der Waals surface area contributed by atoms with Gasteiger partial charge in [-0.3, -0.25) is 9.59 Å². The molecule has 1 aliphatic carbocycles. The predicted octanol–water partition coefficient (Wildman–Crippen LogP) is 3.05. The molecule has 1 aromatic rings. The Morgan fingerprint density at radius 1 is 1.32 bits per heavy atom. The number of carboxylic acids is 1. The van der Waals surface area contributed by atoms with Crippen molar-refractivity contribution in [3.05, 3.63) is 28.2 Å². The van der Waals surface area contributed by atoms with Gasteiger partial charge in [0.2, 0.25) is 5.91 Å². The SMILES string of the molecule is Cc1cc(Br)ccc1NC(=O)[C@H]1[C@@H](C(=O)O)C1(C)C. The van der Waals surface area contributed by atoms with Crippen molar-refractivity contribution in [3.8, 4) is 0 Å². The standard InChI is InChI=1S/C14H16BrNO3/c1-7-6-8(15)4-5-9(7)16-12(17)10-11(13(18)19)14(10,2)3/h4-6,10-11H,1-3H3,(H,16,17)(H,18,19)/t10-,11+/m1/s1. The van der Waals surface area contributed by atoms with Crippen molar-refractivity contribution in [2.75, 3.05) is 5.32 Å². The van der Waals surface area contributed by atoms with Crippen LogP contribution < -0.4 is 5.32 Å². The van der Waals surface area contributed by atoms with E-state index in [1.807, 2.05) is 39.0 Å².